The number of aromatic nitrogens is 1. The maximum atomic E-state index is 13.6. The van der Waals surface area contributed by atoms with E-state index < -0.39 is 5.97 Å². The van der Waals surface area contributed by atoms with Gasteiger partial charge in [0.1, 0.15) is 6.54 Å². The average Bonchev–Trinajstić information content (AvgIpc) is 3.28. The van der Waals surface area contributed by atoms with Gasteiger partial charge in [-0.3, -0.25) is 14.4 Å². The van der Waals surface area contributed by atoms with E-state index in [9.17, 15) is 14.4 Å². The van der Waals surface area contributed by atoms with Crippen molar-refractivity contribution < 1.29 is 19.1 Å². The number of nitrogens with one attached hydrogen (secondary N) is 1. The highest BCUT2D eigenvalue weighted by Gasteiger charge is 2.24. The molecule has 1 N–H and O–H groups in total. The van der Waals surface area contributed by atoms with E-state index >= 15 is 0 Å². The molecule has 0 aliphatic carbocycles. The van der Waals surface area contributed by atoms with Crippen LogP contribution in [-0.2, 0) is 22.4 Å². The summed E-state index contributed by atoms with van der Waals surface area (Å²) in [4.78, 5) is 40.2. The molecule has 0 saturated carbocycles. The van der Waals surface area contributed by atoms with Crippen LogP contribution in [0.1, 0.15) is 85.5 Å². The zero-order valence-corrected chi connectivity index (χ0v) is 24.5. The van der Waals surface area contributed by atoms with E-state index in [1.807, 2.05) is 55.5 Å². The number of esters is 1. The van der Waals surface area contributed by atoms with Crippen LogP contribution in [0, 0.1) is 5.41 Å². The lowest BCUT2D eigenvalue weighted by molar-refractivity contribution is -0.141. The van der Waals surface area contributed by atoms with E-state index in [4.69, 9.17) is 4.74 Å². The Morgan fingerprint density at radius 1 is 1.03 bits per heavy atom. The van der Waals surface area contributed by atoms with Gasteiger partial charge in [-0.15, -0.1) is 0 Å². The first-order valence-corrected chi connectivity index (χ1v) is 13.8. The Morgan fingerprint density at radius 2 is 1.72 bits per heavy atom. The highest BCUT2D eigenvalue weighted by Crippen LogP contribution is 2.23. The van der Waals surface area contributed by atoms with E-state index in [0.717, 1.165) is 37.0 Å². The van der Waals surface area contributed by atoms with Crippen LogP contribution in [0.2, 0.25) is 0 Å². The molecule has 3 rings (SSSR count). The number of rotatable bonds is 12. The van der Waals surface area contributed by atoms with Crippen LogP contribution in [0.3, 0.4) is 0 Å². The number of hydrogen-bond donors (Lipinski definition) is 1. The van der Waals surface area contributed by atoms with Gasteiger partial charge >= 0.3 is 5.97 Å². The molecule has 0 radical (unpaired) electrons. The Balaban J connectivity index is 1.78. The van der Waals surface area contributed by atoms with Crippen LogP contribution in [0.15, 0.2) is 48.7 Å². The Kier molecular flexibility index (Phi) is 10.1. The largest absolute Gasteiger partial charge is 0.468 e. The van der Waals surface area contributed by atoms with Crippen molar-refractivity contribution in [2.24, 2.45) is 5.41 Å². The van der Waals surface area contributed by atoms with Gasteiger partial charge in [0.25, 0.3) is 5.91 Å². The van der Waals surface area contributed by atoms with E-state index in [0.29, 0.717) is 23.2 Å². The zero-order valence-electron chi connectivity index (χ0n) is 24.5. The summed E-state index contributed by atoms with van der Waals surface area (Å²) in [7, 11) is 1.31. The number of methoxy groups -OCH3 is 1. The first kappa shape index (κ1) is 30.1. The van der Waals surface area contributed by atoms with Crippen LogP contribution >= 0.6 is 0 Å². The second-order valence-electron chi connectivity index (χ2n) is 11.6. The number of carbonyl (C=O) groups is 3. The smallest absolute Gasteiger partial charge is 0.325 e. The topological polar surface area (TPSA) is 80.1 Å². The molecule has 0 atom stereocenters. The Hall–Kier alpha value is -3.45. The van der Waals surface area contributed by atoms with Crippen molar-refractivity contribution in [2.75, 3.05) is 26.7 Å². The van der Waals surface area contributed by atoms with Crippen LogP contribution in [0.25, 0.3) is 5.52 Å². The molecule has 7 nitrogen and oxygen atoms in total. The predicted molar refractivity (Wildman–Crippen MR) is 155 cm³/mol. The van der Waals surface area contributed by atoms with Crippen molar-refractivity contribution in [2.45, 2.75) is 66.8 Å². The minimum atomic E-state index is -0.467. The molecule has 0 bridgehead atoms. The van der Waals surface area contributed by atoms with Crippen molar-refractivity contribution in [1.29, 1.82) is 0 Å². The summed E-state index contributed by atoms with van der Waals surface area (Å²) in [6.45, 7) is 14.2. The molecule has 2 aromatic heterocycles. The number of aryl methyl sites for hydroxylation is 2. The molecule has 39 heavy (non-hydrogen) atoms. The minimum absolute atomic E-state index is 0.0428. The summed E-state index contributed by atoms with van der Waals surface area (Å²) in [5.41, 5.74) is 4.89. The zero-order chi connectivity index (χ0) is 28.7. The Labute approximate surface area is 232 Å². The van der Waals surface area contributed by atoms with Gasteiger partial charge in [-0.05, 0) is 80.9 Å². The van der Waals surface area contributed by atoms with Crippen LogP contribution in [0.4, 0.5) is 0 Å². The third-order valence-corrected chi connectivity index (χ3v) is 6.80. The normalized spacial score (nSPS) is 11.7. The summed E-state index contributed by atoms with van der Waals surface area (Å²) >= 11 is 0. The lowest BCUT2D eigenvalue weighted by Gasteiger charge is -2.25. The predicted octanol–water partition coefficient (Wildman–Crippen LogP) is 5.32. The highest BCUT2D eigenvalue weighted by molar-refractivity contribution is 6.10. The van der Waals surface area contributed by atoms with Crippen molar-refractivity contribution in [3.63, 3.8) is 0 Å². The summed E-state index contributed by atoms with van der Waals surface area (Å²) < 4.78 is 6.61. The molecule has 0 fully saturated rings. The van der Waals surface area contributed by atoms with Gasteiger partial charge in [0, 0.05) is 28.9 Å². The Morgan fingerprint density at radius 3 is 2.31 bits per heavy atom. The molecule has 0 aliphatic heterocycles. The fourth-order valence-corrected chi connectivity index (χ4v) is 4.59. The van der Waals surface area contributed by atoms with Crippen LogP contribution in [-0.4, -0.2) is 59.7 Å². The van der Waals surface area contributed by atoms with Gasteiger partial charge in [0.2, 0.25) is 5.78 Å². The third-order valence-electron chi connectivity index (χ3n) is 6.80. The number of fused-ring (bicyclic) bond motifs is 1. The first-order chi connectivity index (χ1) is 18.4. The summed E-state index contributed by atoms with van der Waals surface area (Å²) in [6, 6.07) is 13.2. The first-order valence-electron chi connectivity index (χ1n) is 13.8. The molecule has 0 aliphatic rings. The second kappa shape index (κ2) is 13.1. The number of amides is 1. The number of hydrogen-bond acceptors (Lipinski definition) is 5. The molecule has 1 amide bonds. The van der Waals surface area contributed by atoms with Gasteiger partial charge in [-0.2, -0.15) is 0 Å². The number of ether oxygens (including phenoxy) is 1. The lowest BCUT2D eigenvalue weighted by atomic mass is 9.97. The monoisotopic (exact) mass is 533 g/mol. The molecule has 0 saturated heterocycles. The molecule has 3 aromatic rings. The number of nitrogens with zero attached hydrogens (tertiary/aromatic N) is 2. The van der Waals surface area contributed by atoms with Crippen molar-refractivity contribution in [1.82, 2.24) is 14.6 Å². The molecule has 0 unspecified atom stereocenters. The van der Waals surface area contributed by atoms with Crippen LogP contribution < -0.4 is 5.32 Å². The van der Waals surface area contributed by atoms with Gasteiger partial charge in [0.05, 0.1) is 12.8 Å². The van der Waals surface area contributed by atoms with Gasteiger partial charge in [-0.25, -0.2) is 0 Å². The summed E-state index contributed by atoms with van der Waals surface area (Å²) in [6.07, 6.45) is 4.46. The maximum Gasteiger partial charge on any atom is 0.325 e. The third kappa shape index (κ3) is 7.79. The molecular weight excluding hydrogens is 490 g/mol. The second-order valence-corrected chi connectivity index (χ2v) is 11.6. The van der Waals surface area contributed by atoms with E-state index in [-0.39, 0.29) is 29.7 Å². The maximum absolute atomic E-state index is 13.6. The standard InChI is InChI=1S/C32H43N3O4/c1-8-24-18-27-19-26(31(38)35(22(2)3)20-28(36)39-7)15-17-34(27)29(24)30(37)25-13-11-23(12-14-25)10-9-16-33-21-32(4,5)6/h11-15,17-19,22,33H,8-10,16,20-21H2,1-7H3. The van der Waals surface area contributed by atoms with E-state index in [2.05, 4.69) is 26.1 Å². The quantitative estimate of drug-likeness (QED) is 0.194. The number of ketones is 1. The van der Waals surface area contributed by atoms with Crippen molar-refractivity contribution in [3.05, 3.63) is 76.6 Å². The number of pyridine rings is 1. The molecule has 7 heteroatoms. The van der Waals surface area contributed by atoms with Gasteiger partial charge < -0.3 is 19.4 Å². The fourth-order valence-electron chi connectivity index (χ4n) is 4.59. The van der Waals surface area contributed by atoms with Gasteiger partial charge in [0.15, 0.2) is 0 Å². The summed E-state index contributed by atoms with van der Waals surface area (Å²) in [5.74, 6) is -0.766. The van der Waals surface area contributed by atoms with Gasteiger partial charge in [-0.1, -0.05) is 52.0 Å². The lowest BCUT2D eigenvalue weighted by Crippen LogP contribution is -2.41. The molecule has 210 valence electrons. The number of carbonyl (C=O) groups excluding carboxylic acids is 3. The Bertz CT molecular complexity index is 1300. The minimum Gasteiger partial charge on any atom is -0.468 e. The highest BCUT2D eigenvalue weighted by atomic mass is 16.5. The number of benzene rings is 1. The molecule has 2 heterocycles. The fraction of sp³-hybridized carbons (Fsp3) is 0.469. The molecule has 1 aromatic carbocycles. The van der Waals surface area contributed by atoms with E-state index in [1.54, 1.807) is 18.3 Å². The summed E-state index contributed by atoms with van der Waals surface area (Å²) in [5, 5.41) is 3.51. The van der Waals surface area contributed by atoms with E-state index in [1.165, 1.54) is 17.6 Å². The SMILES string of the molecule is CCc1cc2cc(C(=O)N(CC(=O)OC)C(C)C)ccn2c1C(=O)c1ccc(CCCNCC(C)(C)C)cc1. The molecule has 0 spiro atoms. The van der Waals surface area contributed by atoms with Crippen molar-refractivity contribution in [3.8, 4) is 0 Å². The van der Waals surface area contributed by atoms with Crippen LogP contribution in [0.5, 0.6) is 0 Å². The molecular formula is C32H43N3O4. The average molecular weight is 534 g/mol. The van der Waals surface area contributed by atoms with Crippen molar-refractivity contribution >= 4 is 23.2 Å².